The Bertz CT molecular complexity index is 608. The molecule has 1 heterocycles. The predicted octanol–water partition coefficient (Wildman–Crippen LogP) is -0.148. The molecular weight excluding hydrogens is 248 g/mol. The number of carboxylic acid groups (broad SMARTS) is 1. The van der Waals surface area contributed by atoms with Gasteiger partial charge >= 0.3 is 5.97 Å². The summed E-state index contributed by atoms with van der Waals surface area (Å²) in [5.74, 6) is -1.77. The fourth-order valence-corrected chi connectivity index (χ4v) is 1.75. The minimum Gasteiger partial charge on any atom is -0.480 e. The van der Waals surface area contributed by atoms with Gasteiger partial charge in [0.1, 0.15) is 0 Å². The zero-order valence-corrected chi connectivity index (χ0v) is 10.3. The molecule has 1 amide bonds. The molecule has 0 aliphatic rings. The van der Waals surface area contributed by atoms with Crippen molar-refractivity contribution in [1.82, 2.24) is 20.6 Å². The SMILES string of the molecule is CNC(C(=O)O)C(=O)NCc1ccc2nc[nH]c2c1. The Hall–Kier alpha value is -2.41. The van der Waals surface area contributed by atoms with Gasteiger partial charge in [0, 0.05) is 6.54 Å². The minimum absolute atomic E-state index is 0.263. The maximum atomic E-state index is 11.6. The van der Waals surface area contributed by atoms with Crippen molar-refractivity contribution in [3.63, 3.8) is 0 Å². The molecule has 7 heteroatoms. The summed E-state index contributed by atoms with van der Waals surface area (Å²) in [4.78, 5) is 29.5. The van der Waals surface area contributed by atoms with Crippen LogP contribution in [0.25, 0.3) is 11.0 Å². The summed E-state index contributed by atoms with van der Waals surface area (Å²) < 4.78 is 0. The van der Waals surface area contributed by atoms with E-state index < -0.39 is 17.9 Å². The number of aliphatic carboxylic acids is 1. The standard InChI is InChI=1S/C12H14N4O3/c1-13-10(12(18)19)11(17)14-5-7-2-3-8-9(4-7)16-6-15-8/h2-4,6,10,13H,5H2,1H3,(H,14,17)(H,15,16)(H,18,19). The van der Waals surface area contributed by atoms with Gasteiger partial charge in [0.2, 0.25) is 5.91 Å². The number of carbonyl (C=O) groups excluding carboxylic acids is 1. The van der Waals surface area contributed by atoms with Gasteiger partial charge in [0.15, 0.2) is 6.04 Å². The van der Waals surface area contributed by atoms with E-state index in [0.29, 0.717) is 0 Å². The highest BCUT2D eigenvalue weighted by atomic mass is 16.4. The second-order valence-electron chi connectivity index (χ2n) is 4.03. The van der Waals surface area contributed by atoms with Gasteiger partial charge in [0.05, 0.1) is 17.4 Å². The lowest BCUT2D eigenvalue weighted by molar-refractivity contribution is -0.143. The van der Waals surface area contributed by atoms with Crippen molar-refractivity contribution in [2.45, 2.75) is 12.6 Å². The largest absolute Gasteiger partial charge is 0.480 e. The summed E-state index contributed by atoms with van der Waals surface area (Å²) >= 11 is 0. The molecule has 1 aromatic heterocycles. The Morgan fingerprint density at radius 3 is 2.95 bits per heavy atom. The summed E-state index contributed by atoms with van der Waals surface area (Å²) in [6.07, 6.45) is 1.59. The van der Waals surface area contributed by atoms with E-state index in [9.17, 15) is 9.59 Å². The van der Waals surface area contributed by atoms with E-state index in [1.807, 2.05) is 18.2 Å². The molecule has 0 aliphatic carbocycles. The molecule has 0 saturated heterocycles. The first-order chi connectivity index (χ1) is 9.11. The smallest absolute Gasteiger partial charge is 0.330 e. The van der Waals surface area contributed by atoms with E-state index in [-0.39, 0.29) is 6.54 Å². The molecule has 4 N–H and O–H groups in total. The zero-order chi connectivity index (χ0) is 13.8. The molecule has 1 aromatic carbocycles. The number of imidazole rings is 1. The molecule has 1 atom stereocenters. The van der Waals surface area contributed by atoms with Gasteiger partial charge in [-0.25, -0.2) is 9.78 Å². The number of carboxylic acids is 1. The molecule has 0 spiro atoms. The number of nitrogens with zero attached hydrogens (tertiary/aromatic N) is 1. The lowest BCUT2D eigenvalue weighted by Crippen LogP contribution is -2.47. The number of hydrogen-bond donors (Lipinski definition) is 4. The number of hydrogen-bond acceptors (Lipinski definition) is 4. The van der Waals surface area contributed by atoms with Crippen molar-refractivity contribution in [1.29, 1.82) is 0 Å². The van der Waals surface area contributed by atoms with E-state index in [0.717, 1.165) is 16.6 Å². The summed E-state index contributed by atoms with van der Waals surface area (Å²) in [7, 11) is 1.43. The second kappa shape index (κ2) is 5.49. The number of carbonyl (C=O) groups is 2. The van der Waals surface area contributed by atoms with E-state index in [2.05, 4.69) is 20.6 Å². The number of fused-ring (bicyclic) bond motifs is 1. The number of aromatic amines is 1. The number of rotatable bonds is 5. The van der Waals surface area contributed by atoms with Gasteiger partial charge in [0.25, 0.3) is 0 Å². The second-order valence-corrected chi connectivity index (χ2v) is 4.03. The fourth-order valence-electron chi connectivity index (χ4n) is 1.75. The van der Waals surface area contributed by atoms with Gasteiger partial charge in [-0.2, -0.15) is 0 Å². The molecule has 0 fully saturated rings. The molecule has 19 heavy (non-hydrogen) atoms. The van der Waals surface area contributed by atoms with E-state index in [1.165, 1.54) is 7.05 Å². The fraction of sp³-hybridized carbons (Fsp3) is 0.250. The summed E-state index contributed by atoms with van der Waals surface area (Å²) in [6, 6.07) is 4.28. The summed E-state index contributed by atoms with van der Waals surface area (Å²) in [5, 5.41) is 13.8. The van der Waals surface area contributed by atoms with Crippen LogP contribution in [0.1, 0.15) is 5.56 Å². The molecule has 0 bridgehead atoms. The van der Waals surface area contributed by atoms with Crippen molar-refractivity contribution in [2.75, 3.05) is 7.05 Å². The van der Waals surface area contributed by atoms with Crippen LogP contribution in [0.4, 0.5) is 0 Å². The monoisotopic (exact) mass is 262 g/mol. The molecule has 2 aromatic rings. The average molecular weight is 262 g/mol. The number of aromatic nitrogens is 2. The van der Waals surface area contributed by atoms with Crippen LogP contribution in [0.2, 0.25) is 0 Å². The highest BCUT2D eigenvalue weighted by Gasteiger charge is 2.23. The normalized spacial score (nSPS) is 12.3. The van der Waals surface area contributed by atoms with Crippen molar-refractivity contribution in [3.8, 4) is 0 Å². The molecule has 7 nitrogen and oxygen atoms in total. The maximum absolute atomic E-state index is 11.6. The third-order valence-corrected chi connectivity index (χ3v) is 2.75. The highest BCUT2D eigenvalue weighted by Crippen LogP contribution is 2.11. The highest BCUT2D eigenvalue weighted by molar-refractivity contribution is 6.01. The van der Waals surface area contributed by atoms with Crippen LogP contribution in [-0.2, 0) is 16.1 Å². The molecule has 0 saturated carbocycles. The van der Waals surface area contributed by atoms with Crippen LogP contribution in [0.15, 0.2) is 24.5 Å². The lowest BCUT2D eigenvalue weighted by atomic mass is 10.2. The first kappa shape index (κ1) is 13.0. The van der Waals surface area contributed by atoms with Crippen LogP contribution in [0.5, 0.6) is 0 Å². The van der Waals surface area contributed by atoms with Gasteiger partial charge in [-0.15, -0.1) is 0 Å². The van der Waals surface area contributed by atoms with Crippen LogP contribution in [0, 0.1) is 0 Å². The number of H-pyrrole nitrogens is 1. The summed E-state index contributed by atoms with van der Waals surface area (Å²) in [5.41, 5.74) is 2.58. The minimum atomic E-state index is -1.24. The lowest BCUT2D eigenvalue weighted by Gasteiger charge is -2.11. The topological polar surface area (TPSA) is 107 Å². The Morgan fingerprint density at radius 1 is 1.47 bits per heavy atom. The van der Waals surface area contributed by atoms with Crippen molar-refractivity contribution >= 4 is 22.9 Å². The Labute approximate surface area is 109 Å². The molecule has 100 valence electrons. The van der Waals surface area contributed by atoms with Gasteiger partial charge in [-0.3, -0.25) is 10.1 Å². The summed E-state index contributed by atoms with van der Waals surface area (Å²) in [6.45, 7) is 0.263. The van der Waals surface area contributed by atoms with Gasteiger partial charge < -0.3 is 15.4 Å². The Morgan fingerprint density at radius 2 is 2.26 bits per heavy atom. The Kier molecular flexibility index (Phi) is 3.76. The van der Waals surface area contributed by atoms with Crippen molar-refractivity contribution < 1.29 is 14.7 Å². The van der Waals surface area contributed by atoms with Crippen molar-refractivity contribution in [2.24, 2.45) is 0 Å². The molecular formula is C12H14N4O3. The first-order valence-electron chi connectivity index (χ1n) is 5.71. The van der Waals surface area contributed by atoms with Crippen LogP contribution >= 0.6 is 0 Å². The number of benzene rings is 1. The maximum Gasteiger partial charge on any atom is 0.330 e. The van der Waals surface area contributed by atoms with E-state index in [1.54, 1.807) is 6.33 Å². The first-order valence-corrected chi connectivity index (χ1v) is 5.71. The molecule has 1 unspecified atom stereocenters. The van der Waals surface area contributed by atoms with Crippen LogP contribution < -0.4 is 10.6 Å². The number of amides is 1. The quantitative estimate of drug-likeness (QED) is 0.561. The average Bonchev–Trinajstić information content (AvgIpc) is 2.84. The van der Waals surface area contributed by atoms with E-state index in [4.69, 9.17) is 5.11 Å². The predicted molar refractivity (Wildman–Crippen MR) is 68.4 cm³/mol. The van der Waals surface area contributed by atoms with Gasteiger partial charge in [-0.1, -0.05) is 6.07 Å². The molecule has 0 radical (unpaired) electrons. The third kappa shape index (κ3) is 2.89. The van der Waals surface area contributed by atoms with Crippen molar-refractivity contribution in [3.05, 3.63) is 30.1 Å². The molecule has 2 rings (SSSR count). The van der Waals surface area contributed by atoms with Crippen LogP contribution in [-0.4, -0.2) is 40.0 Å². The van der Waals surface area contributed by atoms with Crippen LogP contribution in [0.3, 0.4) is 0 Å². The molecule has 0 aliphatic heterocycles. The van der Waals surface area contributed by atoms with E-state index >= 15 is 0 Å². The zero-order valence-electron chi connectivity index (χ0n) is 10.3. The Balaban J connectivity index is 2.01. The third-order valence-electron chi connectivity index (χ3n) is 2.75. The van der Waals surface area contributed by atoms with Gasteiger partial charge in [-0.05, 0) is 24.7 Å². The number of likely N-dealkylation sites (N-methyl/N-ethyl adjacent to an activating group) is 1. The number of nitrogens with one attached hydrogen (secondary N) is 3.